The van der Waals surface area contributed by atoms with Crippen molar-refractivity contribution in [2.45, 2.75) is 40.0 Å². The standard InChI is InChI=1S/C13H9.C13H10.C10H15.2ClH.Zr/c1-3-7-12-10(5-1)9-11-6-2-4-8-13(11)12;1-3-7-12(8-4-1)11-13-9-5-2-6-10-13;1-4-10(2,3)9-7-5-6-8-9;;;/h1-5,7-8H,9H2;1-10H;5,7H,4,6H2,1-3H3;2*1H;/q-1;;-1;;;+2/p-2. The van der Waals surface area contributed by atoms with Crippen molar-refractivity contribution >= 4 is 3.21 Å². The van der Waals surface area contributed by atoms with Gasteiger partial charge in [0.1, 0.15) is 0 Å². The number of halogens is 2. The average Bonchev–Trinajstić information content (AvgIpc) is 3.64. The normalized spacial score (nSPS) is 12.2. The molecule has 0 aromatic heterocycles. The Labute approximate surface area is 262 Å². The van der Waals surface area contributed by atoms with Crippen LogP contribution in [0.5, 0.6) is 0 Å². The molecular weight excluding hydrogens is 595 g/mol. The molecular formula is C36H34Cl2Zr-2. The van der Waals surface area contributed by atoms with Gasteiger partial charge in [0.15, 0.2) is 0 Å². The Morgan fingerprint density at radius 2 is 1.33 bits per heavy atom. The molecule has 4 aromatic rings. The smallest absolute Gasteiger partial charge is 0.0253 e. The maximum Gasteiger partial charge on any atom is -0.0253 e. The molecule has 0 fully saturated rings. The molecule has 0 heterocycles. The van der Waals surface area contributed by atoms with E-state index in [1.807, 2.05) is 6.07 Å². The van der Waals surface area contributed by atoms with Crippen LogP contribution in [-0.2, 0) is 30.7 Å². The minimum Gasteiger partial charge on any atom is -0.179 e. The van der Waals surface area contributed by atoms with Crippen LogP contribution in [0.15, 0.2) is 121 Å². The molecule has 0 aliphatic heterocycles. The van der Waals surface area contributed by atoms with Crippen LogP contribution < -0.4 is 24.8 Å². The summed E-state index contributed by atoms with van der Waals surface area (Å²) in [5.74, 6) is 0. The summed E-state index contributed by atoms with van der Waals surface area (Å²) < 4.78 is 1.42. The third kappa shape index (κ3) is 8.84. The van der Waals surface area contributed by atoms with E-state index in [0.717, 1.165) is 12.8 Å². The fraction of sp³-hybridized carbons (Fsp3) is 0.194. The molecule has 0 bridgehead atoms. The zero-order valence-corrected chi connectivity index (χ0v) is 26.8. The van der Waals surface area contributed by atoms with Crippen molar-refractivity contribution in [3.63, 3.8) is 0 Å². The van der Waals surface area contributed by atoms with Crippen LogP contribution >= 0.6 is 0 Å². The first kappa shape index (κ1) is 32.9. The van der Waals surface area contributed by atoms with Gasteiger partial charge in [0.25, 0.3) is 0 Å². The molecule has 6 rings (SSSR count). The van der Waals surface area contributed by atoms with Crippen LogP contribution in [0.25, 0.3) is 11.1 Å². The van der Waals surface area contributed by atoms with Crippen LogP contribution in [0.1, 0.15) is 55.9 Å². The topological polar surface area (TPSA) is 0 Å². The Kier molecular flexibility index (Phi) is 13.6. The van der Waals surface area contributed by atoms with Crippen LogP contribution in [0, 0.1) is 17.6 Å². The van der Waals surface area contributed by atoms with E-state index in [1.54, 1.807) is 0 Å². The predicted molar refractivity (Wildman–Crippen MR) is 154 cm³/mol. The second-order valence-electron chi connectivity index (χ2n) is 9.94. The molecule has 198 valence electrons. The van der Waals surface area contributed by atoms with Crippen molar-refractivity contribution in [2.24, 2.45) is 5.41 Å². The summed E-state index contributed by atoms with van der Waals surface area (Å²) in [5, 5.41) is 0. The number of benzene rings is 4. The van der Waals surface area contributed by atoms with Gasteiger partial charge >= 0.3 is 99.2 Å². The molecule has 0 N–H and O–H groups in total. The van der Waals surface area contributed by atoms with Crippen molar-refractivity contribution in [3.05, 3.63) is 155 Å². The second-order valence-corrected chi connectivity index (χ2v) is 11.2. The summed E-state index contributed by atoms with van der Waals surface area (Å²) in [4.78, 5) is 0. The van der Waals surface area contributed by atoms with E-state index < -0.39 is 0 Å². The van der Waals surface area contributed by atoms with Crippen LogP contribution in [0.3, 0.4) is 0 Å². The monoisotopic (exact) mass is 626 g/mol. The van der Waals surface area contributed by atoms with Crippen molar-refractivity contribution < 1.29 is 49.0 Å². The van der Waals surface area contributed by atoms with E-state index in [0.29, 0.717) is 5.41 Å². The average molecular weight is 629 g/mol. The van der Waals surface area contributed by atoms with Gasteiger partial charge in [0.05, 0.1) is 0 Å². The molecule has 0 atom stereocenters. The molecule has 0 saturated heterocycles. The van der Waals surface area contributed by atoms with E-state index in [1.165, 1.54) is 72.8 Å². The Balaban J connectivity index is 0.000000203. The van der Waals surface area contributed by atoms with Gasteiger partial charge in [-0.05, 0) is 18.3 Å². The summed E-state index contributed by atoms with van der Waals surface area (Å²) in [6, 6.07) is 39.2. The molecule has 3 heteroatoms. The van der Waals surface area contributed by atoms with Crippen molar-refractivity contribution in [1.82, 2.24) is 0 Å². The summed E-state index contributed by atoms with van der Waals surface area (Å²) in [6.45, 7) is 6.76. The van der Waals surface area contributed by atoms with Gasteiger partial charge in [-0.3, -0.25) is 6.08 Å². The molecule has 39 heavy (non-hydrogen) atoms. The first-order valence-corrected chi connectivity index (χ1v) is 14.3. The van der Waals surface area contributed by atoms with Gasteiger partial charge < -0.3 is 24.8 Å². The molecule has 2 aliphatic carbocycles. The number of hydrogen-bond acceptors (Lipinski definition) is 0. The van der Waals surface area contributed by atoms with Gasteiger partial charge in [-0.1, -0.05) is 56.2 Å². The first-order valence-electron chi connectivity index (χ1n) is 13.0. The van der Waals surface area contributed by atoms with E-state index in [9.17, 15) is 0 Å². The molecule has 0 spiro atoms. The van der Waals surface area contributed by atoms with Crippen molar-refractivity contribution in [3.8, 4) is 11.1 Å². The van der Waals surface area contributed by atoms with Gasteiger partial charge in [-0.2, -0.15) is 35.9 Å². The van der Waals surface area contributed by atoms with Gasteiger partial charge in [0, 0.05) is 0 Å². The minimum atomic E-state index is 0. The van der Waals surface area contributed by atoms with E-state index in [2.05, 4.69) is 142 Å². The maximum absolute atomic E-state index is 3.35. The predicted octanol–water partition coefficient (Wildman–Crippen LogP) is 2.98. The van der Waals surface area contributed by atoms with Crippen LogP contribution in [0.4, 0.5) is 0 Å². The second kappa shape index (κ2) is 16.1. The largest absolute Gasteiger partial charge is 0.179 e. The van der Waals surface area contributed by atoms with Crippen LogP contribution in [-0.4, -0.2) is 3.21 Å². The molecule has 0 nitrogen and oxygen atoms in total. The number of fused-ring (bicyclic) bond motifs is 3. The summed E-state index contributed by atoms with van der Waals surface area (Å²) >= 11 is 1.46. The van der Waals surface area contributed by atoms with Crippen molar-refractivity contribution in [2.75, 3.05) is 0 Å². The number of allylic oxidation sites excluding steroid dienone is 4. The number of rotatable bonds is 4. The molecule has 2 aliphatic rings. The first-order chi connectivity index (χ1) is 18.0. The van der Waals surface area contributed by atoms with Gasteiger partial charge in [-0.25, -0.2) is 11.6 Å². The third-order valence-corrected chi connectivity index (χ3v) is 8.47. The molecule has 0 saturated carbocycles. The van der Waals surface area contributed by atoms with Crippen molar-refractivity contribution in [1.29, 1.82) is 0 Å². The molecule has 0 radical (unpaired) electrons. The van der Waals surface area contributed by atoms with E-state index in [4.69, 9.17) is 0 Å². The SMILES string of the molecule is CCC(C)(C)C1=[C-]CC=C1.[Cl-].[Cl-].[Zr+2]=[C](c1ccccc1)c1ccccc1.[c-]1cccc2c1Cc1ccccc1-2. The minimum absolute atomic E-state index is 0. The Morgan fingerprint density at radius 3 is 1.90 bits per heavy atom. The van der Waals surface area contributed by atoms with E-state index in [-0.39, 0.29) is 24.8 Å². The summed E-state index contributed by atoms with van der Waals surface area (Å²) in [7, 11) is 0. The summed E-state index contributed by atoms with van der Waals surface area (Å²) in [6.07, 6.45) is 11.0. The third-order valence-electron chi connectivity index (χ3n) is 7.05. The number of hydrogen-bond donors (Lipinski definition) is 0. The van der Waals surface area contributed by atoms with E-state index >= 15 is 0 Å². The van der Waals surface area contributed by atoms with Crippen LogP contribution in [0.2, 0.25) is 0 Å². The zero-order chi connectivity index (χ0) is 26.1. The quantitative estimate of drug-likeness (QED) is 0.269. The fourth-order valence-corrected chi connectivity index (χ4v) is 5.25. The summed E-state index contributed by atoms with van der Waals surface area (Å²) in [5.41, 5.74) is 9.90. The van der Waals surface area contributed by atoms with Gasteiger partial charge in [-0.15, -0.1) is 12.0 Å². The fourth-order valence-electron chi connectivity index (χ4n) is 4.43. The maximum atomic E-state index is 3.35. The Hall–Kier alpha value is -2.31. The Bertz CT molecular complexity index is 1300. The Morgan fingerprint density at radius 1 is 0.769 bits per heavy atom. The zero-order valence-electron chi connectivity index (χ0n) is 22.8. The molecule has 0 amide bonds. The van der Waals surface area contributed by atoms with Gasteiger partial charge in [0.2, 0.25) is 0 Å². The molecule has 4 aromatic carbocycles. The molecule has 0 unspecified atom stereocenters.